The number of likely N-dealkylation sites (N-methyl/N-ethyl adjacent to an activating group) is 1. The van der Waals surface area contributed by atoms with E-state index in [-0.39, 0.29) is 17.8 Å². The molecule has 1 amide bonds. The van der Waals surface area contributed by atoms with E-state index in [1.54, 1.807) is 11.9 Å². The largest absolute Gasteiger partial charge is 0.486 e. The maximum atomic E-state index is 12.9. The third-order valence-electron chi connectivity index (χ3n) is 6.26. The average molecular weight is 499 g/mol. The molecule has 1 fully saturated rings. The minimum Gasteiger partial charge on any atom is -0.486 e. The predicted molar refractivity (Wildman–Crippen MR) is 133 cm³/mol. The molecule has 2 aliphatic rings. The first kappa shape index (κ1) is 23.1. The van der Waals surface area contributed by atoms with E-state index >= 15 is 0 Å². The Morgan fingerprint density at radius 3 is 2.65 bits per heavy atom. The lowest BCUT2D eigenvalue weighted by molar-refractivity contribution is -0.128. The summed E-state index contributed by atoms with van der Waals surface area (Å²) in [5.74, 6) is 2.50. The first-order valence-corrected chi connectivity index (χ1v) is 12.9. The number of hydrogen-bond donors (Lipinski definition) is 0. The molecular formula is C25H27ClN4O3S. The van der Waals surface area contributed by atoms with Gasteiger partial charge in [0.05, 0.1) is 17.3 Å². The summed E-state index contributed by atoms with van der Waals surface area (Å²) in [4.78, 5) is 14.6. The van der Waals surface area contributed by atoms with Crippen LogP contribution in [0, 0.1) is 0 Å². The molecule has 2 heterocycles. The van der Waals surface area contributed by atoms with E-state index in [9.17, 15) is 4.79 Å². The summed E-state index contributed by atoms with van der Waals surface area (Å²) in [7, 11) is 1.80. The molecule has 9 heteroatoms. The van der Waals surface area contributed by atoms with Crippen molar-refractivity contribution in [1.82, 2.24) is 19.7 Å². The van der Waals surface area contributed by atoms with Gasteiger partial charge in [-0.3, -0.25) is 9.36 Å². The van der Waals surface area contributed by atoms with Crippen molar-refractivity contribution >= 4 is 29.3 Å². The fraction of sp³-hybridized carbons (Fsp3) is 0.400. The topological polar surface area (TPSA) is 69.5 Å². The summed E-state index contributed by atoms with van der Waals surface area (Å²) >= 11 is 7.89. The Morgan fingerprint density at radius 1 is 1.12 bits per heavy atom. The molecule has 3 aromatic rings. The van der Waals surface area contributed by atoms with Gasteiger partial charge in [0, 0.05) is 18.7 Å². The van der Waals surface area contributed by atoms with Crippen molar-refractivity contribution in [2.45, 2.75) is 43.0 Å². The van der Waals surface area contributed by atoms with E-state index in [0.717, 1.165) is 35.1 Å². The van der Waals surface area contributed by atoms with Crippen LogP contribution in [0.1, 0.15) is 31.7 Å². The minimum absolute atomic E-state index is 0.00715. The number of carbonyl (C=O) groups excluding carboxylic acids is 1. The van der Waals surface area contributed by atoms with E-state index in [2.05, 4.69) is 14.8 Å². The molecule has 0 radical (unpaired) electrons. The Balaban J connectivity index is 1.26. The number of aromatic nitrogens is 3. The van der Waals surface area contributed by atoms with Crippen molar-refractivity contribution in [3.05, 3.63) is 53.6 Å². The van der Waals surface area contributed by atoms with Gasteiger partial charge in [0.25, 0.3) is 0 Å². The van der Waals surface area contributed by atoms with E-state index < -0.39 is 0 Å². The van der Waals surface area contributed by atoms with Crippen molar-refractivity contribution in [2.24, 2.45) is 0 Å². The summed E-state index contributed by atoms with van der Waals surface area (Å²) in [6.45, 7) is 0.868. The number of ether oxygens (including phenoxy) is 2. The molecule has 0 unspecified atom stereocenters. The van der Waals surface area contributed by atoms with Gasteiger partial charge in [-0.1, -0.05) is 60.5 Å². The molecular weight excluding hydrogens is 472 g/mol. The number of halogens is 1. The molecule has 7 nitrogen and oxygen atoms in total. The van der Waals surface area contributed by atoms with Gasteiger partial charge in [0.15, 0.2) is 28.6 Å². The van der Waals surface area contributed by atoms with Crippen LogP contribution in [0.15, 0.2) is 53.7 Å². The van der Waals surface area contributed by atoms with E-state index in [4.69, 9.17) is 21.1 Å². The van der Waals surface area contributed by atoms with Crippen LogP contribution in [-0.4, -0.2) is 57.6 Å². The Kier molecular flexibility index (Phi) is 6.97. The number of amides is 1. The first-order valence-electron chi connectivity index (χ1n) is 11.5. The number of benzene rings is 2. The predicted octanol–water partition coefficient (Wildman–Crippen LogP) is 5.10. The molecule has 0 spiro atoms. The molecule has 0 bridgehead atoms. The fourth-order valence-electron chi connectivity index (χ4n) is 4.49. The van der Waals surface area contributed by atoms with Crippen LogP contribution in [0.3, 0.4) is 0 Å². The van der Waals surface area contributed by atoms with Gasteiger partial charge in [-0.15, -0.1) is 10.2 Å². The van der Waals surface area contributed by atoms with Crippen LogP contribution < -0.4 is 9.47 Å². The zero-order chi connectivity index (χ0) is 23.5. The zero-order valence-electron chi connectivity index (χ0n) is 19.0. The quantitative estimate of drug-likeness (QED) is 0.422. The lowest BCUT2D eigenvalue weighted by Crippen LogP contribution is -2.42. The monoisotopic (exact) mass is 498 g/mol. The molecule has 2 aromatic carbocycles. The second-order valence-electron chi connectivity index (χ2n) is 8.65. The van der Waals surface area contributed by atoms with Gasteiger partial charge in [-0.25, -0.2) is 0 Å². The molecule has 1 aliphatic heterocycles. The molecule has 1 aliphatic carbocycles. The van der Waals surface area contributed by atoms with Crippen LogP contribution in [0.4, 0.5) is 0 Å². The fourth-order valence-corrected chi connectivity index (χ4v) is 5.66. The van der Waals surface area contributed by atoms with Crippen molar-refractivity contribution in [1.29, 1.82) is 0 Å². The van der Waals surface area contributed by atoms with E-state index in [1.807, 2.05) is 48.5 Å². The van der Waals surface area contributed by atoms with Gasteiger partial charge >= 0.3 is 0 Å². The van der Waals surface area contributed by atoms with E-state index in [1.165, 1.54) is 24.6 Å². The molecule has 0 N–H and O–H groups in total. The zero-order valence-corrected chi connectivity index (χ0v) is 20.6. The second kappa shape index (κ2) is 10.3. The third kappa shape index (κ3) is 4.88. The Labute approximate surface area is 208 Å². The molecule has 1 aromatic heterocycles. The molecule has 0 saturated heterocycles. The van der Waals surface area contributed by atoms with Gasteiger partial charge in [0.1, 0.15) is 6.61 Å². The molecule has 5 rings (SSSR count). The standard InChI is InChI=1S/C25H27ClN4O3S/c1-29(14-18-15-32-21-12-6-7-13-22(21)33-18)23(31)16-34-25-28-27-24(19-10-4-5-11-20(19)26)30(25)17-8-2-3-9-17/h4-7,10-13,17-18H,2-3,8-9,14-16H2,1H3/t18-/m1/s1. The molecule has 178 valence electrons. The molecule has 1 atom stereocenters. The van der Waals surface area contributed by atoms with E-state index in [0.29, 0.717) is 30.0 Å². The highest BCUT2D eigenvalue weighted by molar-refractivity contribution is 7.99. The Hall–Kier alpha value is -2.71. The van der Waals surface area contributed by atoms with Crippen molar-refractivity contribution in [2.75, 3.05) is 26.0 Å². The van der Waals surface area contributed by atoms with Gasteiger partial charge in [-0.2, -0.15) is 0 Å². The maximum absolute atomic E-state index is 12.9. The van der Waals surface area contributed by atoms with Gasteiger partial charge in [0.2, 0.25) is 5.91 Å². The van der Waals surface area contributed by atoms with Gasteiger partial charge < -0.3 is 14.4 Å². The Bertz CT molecular complexity index is 1160. The lowest BCUT2D eigenvalue weighted by atomic mass is 10.2. The summed E-state index contributed by atoms with van der Waals surface area (Å²) < 4.78 is 14.0. The highest BCUT2D eigenvalue weighted by atomic mass is 35.5. The van der Waals surface area contributed by atoms with Crippen LogP contribution in [0.2, 0.25) is 5.02 Å². The maximum Gasteiger partial charge on any atom is 0.232 e. The molecule has 34 heavy (non-hydrogen) atoms. The number of hydrogen-bond acceptors (Lipinski definition) is 6. The Morgan fingerprint density at radius 2 is 1.85 bits per heavy atom. The highest BCUT2D eigenvalue weighted by Gasteiger charge is 2.27. The smallest absolute Gasteiger partial charge is 0.232 e. The van der Waals surface area contributed by atoms with Crippen molar-refractivity contribution in [3.8, 4) is 22.9 Å². The van der Waals surface area contributed by atoms with Gasteiger partial charge in [-0.05, 0) is 37.1 Å². The molecule has 1 saturated carbocycles. The van der Waals surface area contributed by atoms with Crippen molar-refractivity contribution < 1.29 is 14.3 Å². The number of rotatable bonds is 7. The number of nitrogens with zero attached hydrogens (tertiary/aromatic N) is 4. The number of fused-ring (bicyclic) bond motifs is 1. The summed E-state index contributed by atoms with van der Waals surface area (Å²) in [6.07, 6.45) is 4.32. The van der Waals surface area contributed by atoms with Crippen LogP contribution in [-0.2, 0) is 4.79 Å². The number of carbonyl (C=O) groups is 1. The summed E-state index contributed by atoms with van der Waals surface area (Å²) in [5, 5.41) is 10.3. The number of thioether (sulfide) groups is 1. The first-order chi connectivity index (χ1) is 16.6. The number of para-hydroxylation sites is 2. The average Bonchev–Trinajstić information content (AvgIpc) is 3.52. The van der Waals surface area contributed by atoms with Crippen LogP contribution in [0.25, 0.3) is 11.4 Å². The highest BCUT2D eigenvalue weighted by Crippen LogP contribution is 2.38. The van der Waals surface area contributed by atoms with Crippen LogP contribution >= 0.6 is 23.4 Å². The summed E-state index contributed by atoms with van der Waals surface area (Å²) in [5.41, 5.74) is 0.869. The second-order valence-corrected chi connectivity index (χ2v) is 10.0. The van der Waals surface area contributed by atoms with Crippen LogP contribution in [0.5, 0.6) is 11.5 Å². The van der Waals surface area contributed by atoms with Crippen molar-refractivity contribution in [3.63, 3.8) is 0 Å². The minimum atomic E-state index is -0.206. The summed E-state index contributed by atoms with van der Waals surface area (Å²) in [6, 6.07) is 15.6. The normalized spacial score (nSPS) is 17.6. The SMILES string of the molecule is CN(C[C@@H]1COc2ccccc2O1)C(=O)CSc1nnc(-c2ccccc2Cl)n1C1CCCC1. The lowest BCUT2D eigenvalue weighted by Gasteiger charge is -2.29. The third-order valence-corrected chi connectivity index (χ3v) is 7.52.